The monoisotopic (exact) mass is 283 g/mol. The molecule has 20 heavy (non-hydrogen) atoms. The summed E-state index contributed by atoms with van der Waals surface area (Å²) in [7, 11) is 0. The number of ether oxygens (including phenoxy) is 2. The van der Waals surface area contributed by atoms with E-state index < -0.39 is 0 Å². The maximum atomic E-state index is 13.5. The molecule has 1 unspecified atom stereocenters. The van der Waals surface area contributed by atoms with Crippen molar-refractivity contribution in [3.8, 4) is 5.75 Å². The summed E-state index contributed by atoms with van der Waals surface area (Å²) in [6, 6.07) is 4.79. The van der Waals surface area contributed by atoms with E-state index in [-0.39, 0.29) is 17.5 Å². The highest BCUT2D eigenvalue weighted by Crippen LogP contribution is 2.18. The Bertz CT molecular complexity index is 415. The maximum Gasteiger partial charge on any atom is 0.127 e. The van der Waals surface area contributed by atoms with Crippen molar-refractivity contribution in [2.24, 2.45) is 5.73 Å². The third kappa shape index (κ3) is 6.87. The highest BCUT2D eigenvalue weighted by atomic mass is 19.1. The lowest BCUT2D eigenvalue weighted by Crippen LogP contribution is -2.22. The zero-order valence-corrected chi connectivity index (χ0v) is 12.9. The Morgan fingerprint density at radius 2 is 1.90 bits per heavy atom. The normalized spacial score (nSPS) is 13.3. The Morgan fingerprint density at radius 3 is 2.50 bits per heavy atom. The molecule has 0 aromatic heterocycles. The van der Waals surface area contributed by atoms with E-state index in [0.717, 1.165) is 12.0 Å². The van der Waals surface area contributed by atoms with Crippen LogP contribution in [0.2, 0.25) is 0 Å². The molecule has 0 saturated heterocycles. The lowest BCUT2D eigenvalue weighted by atomic mass is 10.0. The molecule has 0 amide bonds. The first-order valence-corrected chi connectivity index (χ1v) is 7.12. The molecule has 1 aromatic carbocycles. The molecule has 3 nitrogen and oxygen atoms in total. The van der Waals surface area contributed by atoms with Crippen molar-refractivity contribution in [1.29, 1.82) is 0 Å². The summed E-state index contributed by atoms with van der Waals surface area (Å²) in [6.45, 7) is 8.85. The minimum Gasteiger partial charge on any atom is -0.491 e. The zero-order chi connectivity index (χ0) is 15.2. The van der Waals surface area contributed by atoms with E-state index in [4.69, 9.17) is 15.2 Å². The summed E-state index contributed by atoms with van der Waals surface area (Å²) in [4.78, 5) is 0. The number of rotatable bonds is 7. The molecule has 4 heteroatoms. The summed E-state index contributed by atoms with van der Waals surface area (Å²) < 4.78 is 24.6. The highest BCUT2D eigenvalue weighted by Gasteiger charge is 2.10. The van der Waals surface area contributed by atoms with Crippen molar-refractivity contribution in [3.05, 3.63) is 29.6 Å². The molecule has 1 aromatic rings. The number of hydrogen-bond donors (Lipinski definition) is 1. The second kappa shape index (κ2) is 7.60. The second-order valence-corrected chi connectivity index (χ2v) is 5.98. The van der Waals surface area contributed by atoms with Crippen LogP contribution in [-0.2, 0) is 11.2 Å². The largest absolute Gasteiger partial charge is 0.491 e. The standard InChI is InChI=1S/C16H26FNO2/c1-5-14(18)9-12-8-13(17)11-15(10-12)19-6-7-20-16(2,3)4/h8,10-11,14H,5-7,9,18H2,1-4H3. The van der Waals surface area contributed by atoms with Gasteiger partial charge in [-0.05, 0) is 51.3 Å². The third-order valence-corrected chi connectivity index (χ3v) is 2.84. The van der Waals surface area contributed by atoms with Gasteiger partial charge in [-0.3, -0.25) is 0 Å². The summed E-state index contributed by atoms with van der Waals surface area (Å²) in [6.07, 6.45) is 1.52. The molecule has 0 saturated carbocycles. The van der Waals surface area contributed by atoms with E-state index in [1.165, 1.54) is 12.1 Å². The van der Waals surface area contributed by atoms with Gasteiger partial charge < -0.3 is 15.2 Å². The molecule has 1 rings (SSSR count). The van der Waals surface area contributed by atoms with Gasteiger partial charge in [0.25, 0.3) is 0 Å². The van der Waals surface area contributed by atoms with Crippen LogP contribution in [0.5, 0.6) is 5.75 Å². The van der Waals surface area contributed by atoms with E-state index in [2.05, 4.69) is 0 Å². The van der Waals surface area contributed by atoms with E-state index >= 15 is 0 Å². The molecular weight excluding hydrogens is 257 g/mol. The number of halogens is 1. The van der Waals surface area contributed by atoms with Crippen molar-refractivity contribution < 1.29 is 13.9 Å². The molecule has 0 fully saturated rings. The van der Waals surface area contributed by atoms with Gasteiger partial charge >= 0.3 is 0 Å². The van der Waals surface area contributed by atoms with Crippen molar-refractivity contribution in [3.63, 3.8) is 0 Å². The van der Waals surface area contributed by atoms with Crippen molar-refractivity contribution >= 4 is 0 Å². The van der Waals surface area contributed by atoms with Gasteiger partial charge in [-0.2, -0.15) is 0 Å². The third-order valence-electron chi connectivity index (χ3n) is 2.84. The fourth-order valence-corrected chi connectivity index (χ4v) is 1.78. The van der Waals surface area contributed by atoms with Gasteiger partial charge in [0.1, 0.15) is 18.2 Å². The SMILES string of the molecule is CCC(N)Cc1cc(F)cc(OCCOC(C)(C)C)c1. The molecule has 0 heterocycles. The lowest BCUT2D eigenvalue weighted by Gasteiger charge is -2.19. The van der Waals surface area contributed by atoms with Crippen molar-refractivity contribution in [2.45, 2.75) is 52.2 Å². The Kier molecular flexibility index (Phi) is 6.43. The van der Waals surface area contributed by atoms with E-state index in [1.54, 1.807) is 0 Å². The Morgan fingerprint density at radius 1 is 1.20 bits per heavy atom. The predicted octanol–water partition coefficient (Wildman–Crippen LogP) is 3.30. The van der Waals surface area contributed by atoms with Crippen molar-refractivity contribution in [1.82, 2.24) is 0 Å². The van der Waals surface area contributed by atoms with Gasteiger partial charge in [0.2, 0.25) is 0 Å². The first kappa shape index (κ1) is 16.9. The molecule has 0 bridgehead atoms. The zero-order valence-electron chi connectivity index (χ0n) is 12.9. The molecule has 0 aliphatic heterocycles. The predicted molar refractivity (Wildman–Crippen MR) is 79.6 cm³/mol. The highest BCUT2D eigenvalue weighted by molar-refractivity contribution is 5.30. The lowest BCUT2D eigenvalue weighted by molar-refractivity contribution is -0.0163. The molecule has 0 spiro atoms. The molecule has 114 valence electrons. The van der Waals surface area contributed by atoms with Gasteiger partial charge in [-0.25, -0.2) is 4.39 Å². The first-order valence-electron chi connectivity index (χ1n) is 7.12. The van der Waals surface area contributed by atoms with Gasteiger partial charge in [0, 0.05) is 12.1 Å². The van der Waals surface area contributed by atoms with Crippen LogP contribution in [0.1, 0.15) is 39.7 Å². The first-order chi connectivity index (χ1) is 9.30. The Balaban J connectivity index is 2.53. The molecule has 0 aliphatic carbocycles. The molecule has 1 atom stereocenters. The summed E-state index contributed by atoms with van der Waals surface area (Å²) in [5.41, 5.74) is 6.57. The van der Waals surface area contributed by atoms with Gasteiger partial charge in [0.05, 0.1) is 12.2 Å². The second-order valence-electron chi connectivity index (χ2n) is 5.98. The maximum absolute atomic E-state index is 13.5. The van der Waals surface area contributed by atoms with Crippen LogP contribution in [0.4, 0.5) is 4.39 Å². The van der Waals surface area contributed by atoms with Gasteiger partial charge in [-0.15, -0.1) is 0 Å². The quantitative estimate of drug-likeness (QED) is 0.781. The molecule has 0 aliphatic rings. The number of benzene rings is 1. The molecule has 2 N–H and O–H groups in total. The molecular formula is C16H26FNO2. The average Bonchev–Trinajstić information content (AvgIpc) is 2.32. The summed E-state index contributed by atoms with van der Waals surface area (Å²) in [5.74, 6) is 0.235. The van der Waals surface area contributed by atoms with Crippen LogP contribution in [0.15, 0.2) is 18.2 Å². The van der Waals surface area contributed by atoms with Gasteiger partial charge in [-0.1, -0.05) is 6.92 Å². The van der Waals surface area contributed by atoms with Crippen molar-refractivity contribution in [2.75, 3.05) is 13.2 Å². The minimum atomic E-state index is -0.294. The minimum absolute atomic E-state index is 0.0499. The fraction of sp³-hybridized carbons (Fsp3) is 0.625. The number of hydrogen-bond acceptors (Lipinski definition) is 3. The van der Waals surface area contributed by atoms with Crippen LogP contribution in [0, 0.1) is 5.82 Å². The van der Waals surface area contributed by atoms with Crippen LogP contribution >= 0.6 is 0 Å². The van der Waals surface area contributed by atoms with Gasteiger partial charge in [0.15, 0.2) is 0 Å². The van der Waals surface area contributed by atoms with E-state index in [0.29, 0.717) is 25.4 Å². The van der Waals surface area contributed by atoms with Crippen LogP contribution in [0.25, 0.3) is 0 Å². The van der Waals surface area contributed by atoms with E-state index in [1.807, 2.05) is 33.8 Å². The Hall–Kier alpha value is -1.13. The van der Waals surface area contributed by atoms with E-state index in [9.17, 15) is 4.39 Å². The summed E-state index contributed by atoms with van der Waals surface area (Å²) in [5, 5.41) is 0. The van der Waals surface area contributed by atoms with Crippen LogP contribution in [-0.4, -0.2) is 24.9 Å². The van der Waals surface area contributed by atoms with Crippen LogP contribution in [0.3, 0.4) is 0 Å². The number of nitrogens with two attached hydrogens (primary N) is 1. The topological polar surface area (TPSA) is 44.5 Å². The smallest absolute Gasteiger partial charge is 0.127 e. The summed E-state index contributed by atoms with van der Waals surface area (Å²) >= 11 is 0. The fourth-order valence-electron chi connectivity index (χ4n) is 1.78. The Labute approximate surface area is 121 Å². The van der Waals surface area contributed by atoms with Crippen LogP contribution < -0.4 is 10.5 Å². The molecule has 0 radical (unpaired) electrons. The average molecular weight is 283 g/mol.